The fourth-order valence-electron chi connectivity index (χ4n) is 4.70. The molecular formula is C23H26F4N8O5. The number of amides is 4. The van der Waals surface area contributed by atoms with Crippen LogP contribution in [0.15, 0.2) is 29.6 Å². The molecule has 2 atom stereocenters. The van der Waals surface area contributed by atoms with Gasteiger partial charge >= 0.3 is 12.5 Å². The molecule has 3 saturated heterocycles. The molecule has 0 bridgehead atoms. The third-order valence-corrected chi connectivity index (χ3v) is 6.52. The van der Waals surface area contributed by atoms with E-state index in [2.05, 4.69) is 11.8 Å². The molecule has 0 saturated carbocycles. The van der Waals surface area contributed by atoms with Gasteiger partial charge in [0.1, 0.15) is 17.8 Å². The fraction of sp³-hybridized carbons (Fsp3) is 0.435. The van der Waals surface area contributed by atoms with Gasteiger partial charge in [0.15, 0.2) is 11.6 Å². The number of carbonyl (C=O) groups excluding carboxylic acids is 4. The van der Waals surface area contributed by atoms with Gasteiger partial charge in [-0.3, -0.25) is 24.3 Å². The molecule has 40 heavy (non-hydrogen) atoms. The van der Waals surface area contributed by atoms with Crippen LogP contribution in [0.25, 0.3) is 0 Å². The number of nitrogens with zero attached hydrogens (tertiary/aromatic N) is 6. The molecule has 13 nitrogen and oxygen atoms in total. The molecule has 1 aromatic carbocycles. The first kappa shape index (κ1) is 28.4. The maximum absolute atomic E-state index is 15.3. The number of nitrogens with one attached hydrogen (secondary N) is 1. The van der Waals surface area contributed by atoms with Gasteiger partial charge in [-0.15, -0.1) is 0 Å². The summed E-state index contributed by atoms with van der Waals surface area (Å²) in [5, 5.41) is 8.94. The number of fused-ring (bicyclic) bond motifs is 1. The summed E-state index contributed by atoms with van der Waals surface area (Å²) in [4.78, 5) is 51.5. The third kappa shape index (κ3) is 5.72. The summed E-state index contributed by atoms with van der Waals surface area (Å²) in [5.41, 5.74) is 4.81. The van der Waals surface area contributed by atoms with Gasteiger partial charge in [-0.05, 0) is 0 Å². The lowest BCUT2D eigenvalue weighted by molar-refractivity contribution is -0.172. The van der Waals surface area contributed by atoms with Crippen molar-refractivity contribution >= 4 is 41.9 Å². The van der Waals surface area contributed by atoms with Crippen LogP contribution in [0.1, 0.15) is 6.42 Å². The first-order valence-corrected chi connectivity index (χ1v) is 12.1. The number of carbonyl (C=O) groups is 4. The van der Waals surface area contributed by atoms with Gasteiger partial charge in [0.05, 0.1) is 38.3 Å². The van der Waals surface area contributed by atoms with E-state index in [0.29, 0.717) is 0 Å². The number of benzene rings is 1. The van der Waals surface area contributed by atoms with Crippen molar-refractivity contribution < 1.29 is 41.5 Å². The van der Waals surface area contributed by atoms with E-state index in [-0.39, 0.29) is 45.0 Å². The van der Waals surface area contributed by atoms with Crippen molar-refractivity contribution in [1.82, 2.24) is 20.3 Å². The number of hydrogen-bond acceptors (Lipinski definition) is 9. The Kier molecular flexibility index (Phi) is 8.29. The van der Waals surface area contributed by atoms with Crippen molar-refractivity contribution in [3.8, 4) is 0 Å². The van der Waals surface area contributed by atoms with Crippen molar-refractivity contribution in [2.24, 2.45) is 10.8 Å². The zero-order valence-corrected chi connectivity index (χ0v) is 21.0. The highest BCUT2D eigenvalue weighted by molar-refractivity contribution is 5.96. The van der Waals surface area contributed by atoms with Gasteiger partial charge in [-0.2, -0.15) is 13.9 Å². The molecule has 0 radical (unpaired) electrons. The summed E-state index contributed by atoms with van der Waals surface area (Å²) in [6.45, 7) is 2.93. The van der Waals surface area contributed by atoms with Gasteiger partial charge in [0, 0.05) is 44.3 Å². The molecule has 216 valence electrons. The van der Waals surface area contributed by atoms with E-state index >= 15 is 8.78 Å². The summed E-state index contributed by atoms with van der Waals surface area (Å²) in [7, 11) is 0. The predicted octanol–water partition coefficient (Wildman–Crippen LogP) is 0.183. The van der Waals surface area contributed by atoms with Crippen molar-refractivity contribution in [1.29, 1.82) is 0 Å². The highest BCUT2D eigenvalue weighted by atomic mass is 19.3. The van der Waals surface area contributed by atoms with E-state index in [4.69, 9.17) is 10.5 Å². The van der Waals surface area contributed by atoms with Crippen LogP contribution in [0.4, 0.5) is 33.7 Å². The van der Waals surface area contributed by atoms with Crippen LogP contribution in [0, 0.1) is 11.6 Å². The van der Waals surface area contributed by atoms with E-state index in [1.165, 1.54) is 22.3 Å². The van der Waals surface area contributed by atoms with Crippen molar-refractivity contribution in [2.45, 2.75) is 25.0 Å². The Labute approximate surface area is 225 Å². The van der Waals surface area contributed by atoms with Crippen LogP contribution in [-0.4, -0.2) is 103 Å². The minimum absolute atomic E-state index is 0.0252. The summed E-state index contributed by atoms with van der Waals surface area (Å²) in [5.74, 6) is -5.09. The molecule has 3 fully saturated rings. The van der Waals surface area contributed by atoms with E-state index in [1.807, 2.05) is 5.32 Å². The Hall–Kier alpha value is -4.57. The van der Waals surface area contributed by atoms with Gasteiger partial charge in [0.2, 0.25) is 5.91 Å². The Morgan fingerprint density at radius 2 is 1.82 bits per heavy atom. The van der Waals surface area contributed by atoms with Crippen LogP contribution in [0.3, 0.4) is 0 Å². The molecule has 4 rings (SSSR count). The fourth-order valence-corrected chi connectivity index (χ4v) is 4.70. The number of alkyl halides is 2. The number of cyclic esters (lactones) is 1. The van der Waals surface area contributed by atoms with Crippen molar-refractivity contribution in [3.05, 3.63) is 36.2 Å². The van der Waals surface area contributed by atoms with E-state index in [9.17, 15) is 28.0 Å². The maximum atomic E-state index is 15.3. The standard InChI is InChI=1S/C23H26F4N8O5/c1-29-32(3-2-28)11-14-12-33(23(39)40-14)13-8-15(24)19(16(25)9-13)31-4-6-34-18(36)10-17(30-21(37)20(26)27)22(38)35(34)7-5-31/h2-3,8-9,14,17,20H,1,4-7,10-12,28H2,(H,30,37)/b3-2-/t14-,17-/m0/s1. The number of nitrogens with two attached hydrogens (primary N) is 1. The average molecular weight is 571 g/mol. The van der Waals surface area contributed by atoms with Crippen molar-refractivity contribution in [3.63, 3.8) is 0 Å². The maximum Gasteiger partial charge on any atom is 0.414 e. The largest absolute Gasteiger partial charge is 0.442 e. The number of hydrazone groups is 1. The zero-order chi connectivity index (χ0) is 29.1. The summed E-state index contributed by atoms with van der Waals surface area (Å²) >= 11 is 0. The van der Waals surface area contributed by atoms with Crippen LogP contribution in [0.2, 0.25) is 0 Å². The second-order valence-corrected chi connectivity index (χ2v) is 9.01. The van der Waals surface area contributed by atoms with E-state index in [0.717, 1.165) is 27.1 Å². The Morgan fingerprint density at radius 3 is 2.42 bits per heavy atom. The molecule has 3 aliphatic heterocycles. The SMILES string of the molecule is C=NN(/C=C\N)C[C@H]1CN(c2cc(F)c(N3CCN4C(=O)C[C@H](NC(=O)C(F)F)C(=O)N4CC3)c(F)c2)C(=O)O1. The lowest BCUT2D eigenvalue weighted by atomic mass is 10.1. The Morgan fingerprint density at radius 1 is 1.18 bits per heavy atom. The first-order valence-electron chi connectivity index (χ1n) is 12.1. The zero-order valence-electron chi connectivity index (χ0n) is 21.0. The van der Waals surface area contributed by atoms with Gasteiger partial charge in [-0.1, -0.05) is 0 Å². The molecule has 0 aromatic heterocycles. The topological polar surface area (TPSA) is 144 Å². The second kappa shape index (κ2) is 11.7. The molecule has 17 heteroatoms. The minimum atomic E-state index is -3.37. The van der Waals surface area contributed by atoms with Gasteiger partial charge < -0.3 is 20.7 Å². The van der Waals surface area contributed by atoms with E-state index in [1.54, 1.807) is 0 Å². The number of halogens is 4. The summed E-state index contributed by atoms with van der Waals surface area (Å²) in [6, 6.07) is 0.459. The van der Waals surface area contributed by atoms with Crippen LogP contribution < -0.4 is 20.9 Å². The molecule has 0 spiro atoms. The van der Waals surface area contributed by atoms with Crippen LogP contribution >= 0.6 is 0 Å². The van der Waals surface area contributed by atoms with Gasteiger partial charge in [-0.25, -0.2) is 23.6 Å². The first-order chi connectivity index (χ1) is 19.0. The predicted molar refractivity (Wildman–Crippen MR) is 132 cm³/mol. The van der Waals surface area contributed by atoms with E-state index < -0.39 is 66.1 Å². The summed E-state index contributed by atoms with van der Waals surface area (Å²) < 4.78 is 61.1. The van der Waals surface area contributed by atoms with Gasteiger partial charge in [0.25, 0.3) is 11.8 Å². The lowest BCUT2D eigenvalue weighted by Crippen LogP contribution is -2.63. The number of ether oxygens (including phenoxy) is 1. The highest BCUT2D eigenvalue weighted by Gasteiger charge is 2.42. The highest BCUT2D eigenvalue weighted by Crippen LogP contribution is 2.32. The van der Waals surface area contributed by atoms with Crippen molar-refractivity contribution in [2.75, 3.05) is 49.1 Å². The quantitative estimate of drug-likeness (QED) is 0.256. The number of hydrazine groups is 1. The summed E-state index contributed by atoms with van der Waals surface area (Å²) in [6.07, 6.45) is -2.78. The Bertz CT molecular complexity index is 1210. The number of rotatable bonds is 8. The molecule has 3 aliphatic rings. The van der Waals surface area contributed by atoms with Crippen LogP contribution in [-0.2, 0) is 19.1 Å². The molecule has 0 unspecified atom stereocenters. The lowest BCUT2D eigenvalue weighted by Gasteiger charge is -2.39. The number of hydrogen-bond donors (Lipinski definition) is 2. The smallest absolute Gasteiger partial charge is 0.414 e. The number of anilines is 2. The molecule has 4 amide bonds. The average Bonchev–Trinajstić information content (AvgIpc) is 3.12. The molecular weight excluding hydrogens is 544 g/mol. The molecule has 0 aliphatic carbocycles. The molecule has 3 N–H and O–H groups in total. The Balaban J connectivity index is 1.48. The van der Waals surface area contributed by atoms with Crippen LogP contribution in [0.5, 0.6) is 0 Å². The second-order valence-electron chi connectivity index (χ2n) is 9.01. The molecule has 3 heterocycles. The minimum Gasteiger partial charge on any atom is -0.442 e. The normalized spacial score (nSPS) is 21.6. The molecule has 1 aromatic rings. The monoisotopic (exact) mass is 570 g/mol. The third-order valence-electron chi connectivity index (χ3n) is 6.52.